The highest BCUT2D eigenvalue weighted by Crippen LogP contribution is 2.36. The Balaban J connectivity index is 2.34. The second kappa shape index (κ2) is 4.13. The molecule has 0 aliphatic carbocycles. The molecule has 0 saturated carbocycles. The van der Waals surface area contributed by atoms with Crippen LogP contribution in [-0.4, -0.2) is 6.79 Å². The zero-order chi connectivity index (χ0) is 10.7. The van der Waals surface area contributed by atoms with Crippen LogP contribution in [0.3, 0.4) is 0 Å². The Kier molecular flexibility index (Phi) is 2.67. The summed E-state index contributed by atoms with van der Waals surface area (Å²) in [5, 5.41) is 8.84. The van der Waals surface area contributed by atoms with Crippen molar-refractivity contribution in [2.75, 3.05) is 6.79 Å². The lowest BCUT2D eigenvalue weighted by Gasteiger charge is -1.98. The highest BCUT2D eigenvalue weighted by molar-refractivity contribution is 6.32. The molecule has 3 nitrogen and oxygen atoms in total. The molecule has 0 radical (unpaired) electrons. The second-order valence-corrected chi connectivity index (χ2v) is 3.23. The van der Waals surface area contributed by atoms with Crippen molar-refractivity contribution in [2.45, 2.75) is 6.42 Å². The number of benzene rings is 1. The molecule has 15 heavy (non-hydrogen) atoms. The third kappa shape index (κ3) is 1.98. The van der Waals surface area contributed by atoms with Gasteiger partial charge in [0.1, 0.15) is 0 Å². The normalized spacial score (nSPS) is 11.5. The van der Waals surface area contributed by atoms with Crippen molar-refractivity contribution in [2.24, 2.45) is 0 Å². The van der Waals surface area contributed by atoms with Crippen LogP contribution >= 0.6 is 11.6 Å². The molecule has 1 heterocycles. The van der Waals surface area contributed by atoms with Crippen molar-refractivity contribution >= 4 is 11.6 Å². The van der Waals surface area contributed by atoms with E-state index in [1.807, 2.05) is 6.07 Å². The molecule has 0 bridgehead atoms. The summed E-state index contributed by atoms with van der Waals surface area (Å²) < 4.78 is 10.3. The lowest BCUT2D eigenvalue weighted by molar-refractivity contribution is 0.174. The van der Waals surface area contributed by atoms with E-state index in [0.29, 0.717) is 22.1 Å². The molecule has 0 amide bonds. The molecular weight excluding hydrogens is 214 g/mol. The summed E-state index contributed by atoms with van der Waals surface area (Å²) in [5.41, 5.74) is 0.649. The van der Waals surface area contributed by atoms with Gasteiger partial charge in [-0.3, -0.25) is 0 Å². The minimum absolute atomic E-state index is 0.185. The summed E-state index contributed by atoms with van der Waals surface area (Å²) in [6, 6.07) is 5.32. The Bertz CT molecular complexity index is 494. The first-order valence-electron chi connectivity index (χ1n) is 4.26. The van der Waals surface area contributed by atoms with Crippen LogP contribution in [0.25, 0.3) is 0 Å². The maximum absolute atomic E-state index is 8.34. The van der Waals surface area contributed by atoms with Crippen LogP contribution in [0, 0.1) is 23.2 Å². The fraction of sp³-hybridized carbons (Fsp3) is 0.182. The molecule has 0 fully saturated rings. The minimum Gasteiger partial charge on any atom is -0.454 e. The van der Waals surface area contributed by atoms with Gasteiger partial charge in [-0.25, -0.2) is 0 Å². The molecule has 1 aromatic rings. The quantitative estimate of drug-likeness (QED) is 0.629. The van der Waals surface area contributed by atoms with Crippen LogP contribution in [0.1, 0.15) is 12.0 Å². The lowest BCUT2D eigenvalue weighted by atomic mass is 10.2. The van der Waals surface area contributed by atoms with E-state index in [-0.39, 0.29) is 13.2 Å². The van der Waals surface area contributed by atoms with Crippen molar-refractivity contribution in [3.8, 4) is 29.4 Å². The zero-order valence-corrected chi connectivity index (χ0v) is 8.47. The largest absolute Gasteiger partial charge is 0.454 e. The maximum atomic E-state index is 8.34. The first-order chi connectivity index (χ1) is 7.31. The van der Waals surface area contributed by atoms with Gasteiger partial charge in [-0.15, -0.1) is 0 Å². The Morgan fingerprint density at radius 3 is 2.80 bits per heavy atom. The molecule has 4 heteroatoms. The SMILES string of the molecule is N#CCC#Cc1cc2c(cc1Cl)OCO2. The van der Waals surface area contributed by atoms with E-state index in [1.54, 1.807) is 12.1 Å². The van der Waals surface area contributed by atoms with Gasteiger partial charge in [-0.1, -0.05) is 23.4 Å². The van der Waals surface area contributed by atoms with E-state index < -0.39 is 0 Å². The van der Waals surface area contributed by atoms with Gasteiger partial charge in [-0.05, 0) is 0 Å². The molecule has 0 atom stereocenters. The second-order valence-electron chi connectivity index (χ2n) is 2.82. The molecule has 0 unspecified atom stereocenters. The number of hydrogen-bond donors (Lipinski definition) is 0. The summed E-state index contributed by atoms with van der Waals surface area (Å²) >= 11 is 5.97. The Morgan fingerprint density at radius 1 is 1.33 bits per heavy atom. The van der Waals surface area contributed by atoms with Crippen molar-refractivity contribution in [3.05, 3.63) is 22.7 Å². The number of ether oxygens (including phenoxy) is 2. The summed E-state index contributed by atoms with van der Waals surface area (Å²) in [5.74, 6) is 6.76. The van der Waals surface area contributed by atoms with Crippen molar-refractivity contribution < 1.29 is 9.47 Å². The molecule has 0 spiro atoms. The third-order valence-electron chi connectivity index (χ3n) is 1.85. The lowest BCUT2D eigenvalue weighted by Crippen LogP contribution is -1.92. The first-order valence-corrected chi connectivity index (χ1v) is 4.64. The van der Waals surface area contributed by atoms with Gasteiger partial charge in [0.05, 0.1) is 17.5 Å². The molecule has 1 aromatic carbocycles. The monoisotopic (exact) mass is 219 g/mol. The van der Waals surface area contributed by atoms with E-state index in [9.17, 15) is 0 Å². The third-order valence-corrected chi connectivity index (χ3v) is 2.17. The van der Waals surface area contributed by atoms with Crippen LogP contribution in [0.15, 0.2) is 12.1 Å². The minimum atomic E-state index is 0.185. The summed E-state index contributed by atoms with van der Waals surface area (Å²) in [6.07, 6.45) is 0.185. The van der Waals surface area contributed by atoms with E-state index in [1.165, 1.54) is 0 Å². The smallest absolute Gasteiger partial charge is 0.231 e. The Morgan fingerprint density at radius 2 is 2.07 bits per heavy atom. The van der Waals surface area contributed by atoms with Crippen LogP contribution in [0.5, 0.6) is 11.5 Å². The van der Waals surface area contributed by atoms with Gasteiger partial charge in [0.25, 0.3) is 0 Å². The van der Waals surface area contributed by atoms with Crippen LogP contribution in [-0.2, 0) is 0 Å². The first kappa shape index (κ1) is 9.71. The van der Waals surface area contributed by atoms with Gasteiger partial charge in [0, 0.05) is 17.7 Å². The average Bonchev–Trinajstić information content (AvgIpc) is 2.65. The topological polar surface area (TPSA) is 42.2 Å². The summed E-state index contributed by atoms with van der Waals surface area (Å²) in [6.45, 7) is 0.209. The van der Waals surface area contributed by atoms with E-state index in [4.69, 9.17) is 26.3 Å². The highest BCUT2D eigenvalue weighted by Gasteiger charge is 2.15. The molecule has 1 aliphatic rings. The van der Waals surface area contributed by atoms with Crippen LogP contribution in [0.4, 0.5) is 0 Å². The highest BCUT2D eigenvalue weighted by atomic mass is 35.5. The standard InChI is InChI=1S/C11H6ClNO2/c12-9-6-11-10(14-7-15-11)5-8(9)3-1-2-4-13/h5-6H,2,7H2. The number of halogens is 1. The Hall–Kier alpha value is -1.84. The van der Waals surface area contributed by atoms with Crippen molar-refractivity contribution in [1.29, 1.82) is 5.26 Å². The number of hydrogen-bond acceptors (Lipinski definition) is 3. The van der Waals surface area contributed by atoms with Gasteiger partial charge in [-0.2, -0.15) is 5.26 Å². The van der Waals surface area contributed by atoms with E-state index in [2.05, 4.69) is 11.8 Å². The van der Waals surface area contributed by atoms with Gasteiger partial charge < -0.3 is 9.47 Å². The molecule has 0 aromatic heterocycles. The zero-order valence-electron chi connectivity index (χ0n) is 7.71. The van der Waals surface area contributed by atoms with Crippen LogP contribution in [0.2, 0.25) is 5.02 Å². The predicted octanol–water partition coefficient (Wildman–Crippen LogP) is 2.33. The maximum Gasteiger partial charge on any atom is 0.231 e. The molecule has 0 saturated heterocycles. The van der Waals surface area contributed by atoms with Gasteiger partial charge in [0.15, 0.2) is 11.5 Å². The average molecular weight is 220 g/mol. The summed E-state index contributed by atoms with van der Waals surface area (Å²) in [7, 11) is 0. The number of nitriles is 1. The molecule has 2 rings (SSSR count). The molecular formula is C11H6ClNO2. The van der Waals surface area contributed by atoms with Gasteiger partial charge >= 0.3 is 0 Å². The predicted molar refractivity (Wildman–Crippen MR) is 54.7 cm³/mol. The number of rotatable bonds is 0. The summed E-state index contributed by atoms with van der Waals surface area (Å²) in [4.78, 5) is 0. The molecule has 74 valence electrons. The molecule has 1 aliphatic heterocycles. The number of fused-ring (bicyclic) bond motifs is 1. The van der Waals surface area contributed by atoms with Crippen molar-refractivity contribution in [3.63, 3.8) is 0 Å². The fourth-order valence-electron chi connectivity index (χ4n) is 1.19. The van der Waals surface area contributed by atoms with Crippen molar-refractivity contribution in [1.82, 2.24) is 0 Å². The Labute approximate surface area is 92.2 Å². The van der Waals surface area contributed by atoms with E-state index >= 15 is 0 Å². The fourth-order valence-corrected chi connectivity index (χ4v) is 1.39. The number of nitrogens with zero attached hydrogens (tertiary/aromatic N) is 1. The van der Waals surface area contributed by atoms with Crippen LogP contribution < -0.4 is 9.47 Å². The van der Waals surface area contributed by atoms with Gasteiger partial charge in [0.2, 0.25) is 6.79 Å². The van der Waals surface area contributed by atoms with E-state index in [0.717, 1.165) is 0 Å². The molecule has 0 N–H and O–H groups in total.